The summed E-state index contributed by atoms with van der Waals surface area (Å²) in [6, 6.07) is 0. The first-order valence-corrected chi connectivity index (χ1v) is 4.90. The van der Waals surface area contributed by atoms with Gasteiger partial charge in [-0.2, -0.15) is 0 Å². The van der Waals surface area contributed by atoms with Crippen molar-refractivity contribution < 1.29 is 4.74 Å². The molecular formula is C9H20N2O. The molecule has 0 aromatic carbocycles. The molecule has 1 fully saturated rings. The summed E-state index contributed by atoms with van der Waals surface area (Å²) in [4.78, 5) is 2.36. The van der Waals surface area contributed by atoms with Gasteiger partial charge in [-0.15, -0.1) is 0 Å². The van der Waals surface area contributed by atoms with Gasteiger partial charge in [0.25, 0.3) is 0 Å². The molecule has 12 heavy (non-hydrogen) atoms. The summed E-state index contributed by atoms with van der Waals surface area (Å²) >= 11 is 0. The maximum atomic E-state index is 5.55. The van der Waals surface area contributed by atoms with Crippen LogP contribution in [0.1, 0.15) is 19.8 Å². The highest BCUT2D eigenvalue weighted by Gasteiger charge is 2.17. The molecule has 1 aliphatic rings. The zero-order valence-electron chi connectivity index (χ0n) is 7.96. The highest BCUT2D eigenvalue weighted by atomic mass is 16.5. The van der Waals surface area contributed by atoms with Gasteiger partial charge < -0.3 is 10.5 Å². The van der Waals surface area contributed by atoms with Gasteiger partial charge >= 0.3 is 0 Å². The van der Waals surface area contributed by atoms with Crippen LogP contribution in [0.3, 0.4) is 0 Å². The first-order valence-electron chi connectivity index (χ1n) is 4.90. The van der Waals surface area contributed by atoms with E-state index in [1.54, 1.807) is 0 Å². The SMILES string of the molecule is CCN(CCN)C[C@@H]1CCCO1. The molecule has 0 amide bonds. The normalized spacial score (nSPS) is 23.8. The Morgan fingerprint density at radius 3 is 2.92 bits per heavy atom. The minimum Gasteiger partial charge on any atom is -0.377 e. The molecule has 1 atom stereocenters. The molecule has 3 nitrogen and oxygen atoms in total. The van der Waals surface area contributed by atoms with E-state index in [1.807, 2.05) is 0 Å². The molecule has 3 heteroatoms. The first-order chi connectivity index (χ1) is 5.86. The van der Waals surface area contributed by atoms with Gasteiger partial charge in [0.05, 0.1) is 6.10 Å². The number of ether oxygens (including phenoxy) is 1. The Bertz CT molecular complexity index is 113. The molecule has 0 saturated carbocycles. The monoisotopic (exact) mass is 172 g/mol. The molecular weight excluding hydrogens is 152 g/mol. The standard InChI is InChI=1S/C9H20N2O/c1-2-11(6-5-10)8-9-4-3-7-12-9/h9H,2-8,10H2,1H3/t9-/m0/s1. The maximum absolute atomic E-state index is 5.55. The summed E-state index contributed by atoms with van der Waals surface area (Å²) in [5.74, 6) is 0. The average Bonchev–Trinajstić information content (AvgIpc) is 2.56. The highest BCUT2D eigenvalue weighted by Crippen LogP contribution is 2.12. The predicted octanol–water partition coefficient (Wildman–Crippen LogP) is 0.446. The van der Waals surface area contributed by atoms with E-state index >= 15 is 0 Å². The van der Waals surface area contributed by atoms with E-state index in [-0.39, 0.29) is 0 Å². The third kappa shape index (κ3) is 3.09. The van der Waals surface area contributed by atoms with E-state index in [0.717, 1.165) is 32.8 Å². The molecule has 0 aromatic rings. The number of hydrogen-bond donors (Lipinski definition) is 1. The zero-order valence-corrected chi connectivity index (χ0v) is 7.96. The molecule has 0 bridgehead atoms. The smallest absolute Gasteiger partial charge is 0.0702 e. The fourth-order valence-corrected chi connectivity index (χ4v) is 1.64. The van der Waals surface area contributed by atoms with E-state index < -0.39 is 0 Å². The van der Waals surface area contributed by atoms with Crippen LogP contribution in [0.4, 0.5) is 0 Å². The highest BCUT2D eigenvalue weighted by molar-refractivity contribution is 4.69. The van der Waals surface area contributed by atoms with Gasteiger partial charge in [-0.25, -0.2) is 0 Å². The van der Waals surface area contributed by atoms with Gasteiger partial charge in [0.2, 0.25) is 0 Å². The largest absolute Gasteiger partial charge is 0.377 e. The van der Waals surface area contributed by atoms with E-state index in [0.29, 0.717) is 6.10 Å². The second-order valence-corrected chi connectivity index (χ2v) is 3.32. The van der Waals surface area contributed by atoms with Crippen LogP contribution in [0, 0.1) is 0 Å². The average molecular weight is 172 g/mol. The lowest BCUT2D eigenvalue weighted by Gasteiger charge is -2.22. The third-order valence-corrected chi connectivity index (χ3v) is 2.38. The van der Waals surface area contributed by atoms with Gasteiger partial charge in [-0.05, 0) is 19.4 Å². The van der Waals surface area contributed by atoms with Crippen LogP contribution in [-0.2, 0) is 4.74 Å². The van der Waals surface area contributed by atoms with Gasteiger partial charge in [0, 0.05) is 26.2 Å². The van der Waals surface area contributed by atoms with Crippen LogP contribution in [-0.4, -0.2) is 43.8 Å². The lowest BCUT2D eigenvalue weighted by Crippen LogP contribution is -2.35. The van der Waals surface area contributed by atoms with Crippen LogP contribution >= 0.6 is 0 Å². The van der Waals surface area contributed by atoms with Crippen molar-refractivity contribution in [1.82, 2.24) is 4.90 Å². The van der Waals surface area contributed by atoms with E-state index in [4.69, 9.17) is 10.5 Å². The van der Waals surface area contributed by atoms with Gasteiger partial charge in [-0.3, -0.25) is 4.90 Å². The van der Waals surface area contributed by atoms with Gasteiger partial charge in [-0.1, -0.05) is 6.92 Å². The third-order valence-electron chi connectivity index (χ3n) is 2.38. The predicted molar refractivity (Wildman–Crippen MR) is 50.1 cm³/mol. The molecule has 0 aliphatic carbocycles. The van der Waals surface area contributed by atoms with Crippen molar-refractivity contribution in [2.24, 2.45) is 5.73 Å². The Hall–Kier alpha value is -0.120. The maximum Gasteiger partial charge on any atom is 0.0702 e. The number of hydrogen-bond acceptors (Lipinski definition) is 3. The van der Waals surface area contributed by atoms with Crippen molar-refractivity contribution in [1.29, 1.82) is 0 Å². The molecule has 0 spiro atoms. The quantitative estimate of drug-likeness (QED) is 0.654. The second kappa shape index (κ2) is 5.51. The molecule has 0 radical (unpaired) electrons. The lowest BCUT2D eigenvalue weighted by molar-refractivity contribution is 0.0758. The summed E-state index contributed by atoms with van der Waals surface area (Å²) in [7, 11) is 0. The van der Waals surface area contributed by atoms with Crippen molar-refractivity contribution in [3.05, 3.63) is 0 Å². The topological polar surface area (TPSA) is 38.5 Å². The van der Waals surface area contributed by atoms with Crippen LogP contribution in [0.15, 0.2) is 0 Å². The molecule has 72 valence electrons. The number of nitrogens with two attached hydrogens (primary N) is 1. The fourth-order valence-electron chi connectivity index (χ4n) is 1.64. The lowest BCUT2D eigenvalue weighted by atomic mass is 10.2. The van der Waals surface area contributed by atoms with Crippen LogP contribution in [0.2, 0.25) is 0 Å². The van der Waals surface area contributed by atoms with E-state index in [2.05, 4.69) is 11.8 Å². The Morgan fingerprint density at radius 1 is 1.58 bits per heavy atom. The van der Waals surface area contributed by atoms with E-state index in [9.17, 15) is 0 Å². The number of nitrogens with zero attached hydrogens (tertiary/aromatic N) is 1. The summed E-state index contributed by atoms with van der Waals surface area (Å²) in [5.41, 5.74) is 5.50. The summed E-state index contributed by atoms with van der Waals surface area (Å²) in [6.07, 6.45) is 2.92. The fraction of sp³-hybridized carbons (Fsp3) is 1.00. The van der Waals surface area contributed by atoms with Crippen LogP contribution in [0.25, 0.3) is 0 Å². The minimum atomic E-state index is 0.469. The van der Waals surface area contributed by atoms with Crippen molar-refractivity contribution >= 4 is 0 Å². The Morgan fingerprint density at radius 2 is 2.42 bits per heavy atom. The molecule has 1 aliphatic heterocycles. The second-order valence-electron chi connectivity index (χ2n) is 3.32. The van der Waals surface area contributed by atoms with Crippen molar-refractivity contribution in [2.45, 2.75) is 25.9 Å². The van der Waals surface area contributed by atoms with Gasteiger partial charge in [0.1, 0.15) is 0 Å². The summed E-state index contributed by atoms with van der Waals surface area (Å²) in [6.45, 7) is 7.01. The first kappa shape index (κ1) is 9.96. The Labute approximate surface area is 74.9 Å². The van der Waals surface area contributed by atoms with Crippen molar-refractivity contribution in [2.75, 3.05) is 32.8 Å². The van der Waals surface area contributed by atoms with Crippen molar-refractivity contribution in [3.8, 4) is 0 Å². The Kier molecular flexibility index (Phi) is 4.58. The zero-order chi connectivity index (χ0) is 8.81. The number of rotatable bonds is 5. The van der Waals surface area contributed by atoms with E-state index in [1.165, 1.54) is 12.8 Å². The molecule has 2 N–H and O–H groups in total. The Balaban J connectivity index is 2.16. The minimum absolute atomic E-state index is 0.469. The molecule has 0 aromatic heterocycles. The van der Waals surface area contributed by atoms with Crippen molar-refractivity contribution in [3.63, 3.8) is 0 Å². The van der Waals surface area contributed by atoms with Crippen LogP contribution < -0.4 is 5.73 Å². The molecule has 0 unspecified atom stereocenters. The van der Waals surface area contributed by atoms with Crippen LogP contribution in [0.5, 0.6) is 0 Å². The number of likely N-dealkylation sites (N-methyl/N-ethyl adjacent to an activating group) is 1. The molecule has 1 saturated heterocycles. The summed E-state index contributed by atoms with van der Waals surface area (Å²) in [5, 5.41) is 0. The van der Waals surface area contributed by atoms with Gasteiger partial charge in [0.15, 0.2) is 0 Å². The molecule has 1 heterocycles. The molecule has 1 rings (SSSR count). The summed E-state index contributed by atoms with van der Waals surface area (Å²) < 4.78 is 5.55.